The topological polar surface area (TPSA) is 76.9 Å². The molecule has 6 nitrogen and oxygen atoms in total. The number of hydrogen-bond donors (Lipinski definition) is 1. The Morgan fingerprint density at radius 1 is 0.929 bits per heavy atom. The van der Waals surface area contributed by atoms with Crippen LogP contribution in [0.5, 0.6) is 0 Å². The fraction of sp³-hybridized carbons (Fsp3) is 0.0909. The Hall–Kier alpha value is -3.80. The predicted octanol–water partition coefficient (Wildman–Crippen LogP) is 2.70. The van der Waals surface area contributed by atoms with E-state index in [9.17, 15) is 9.59 Å². The number of carbonyl (C=O) groups excluding carboxylic acids is 1. The second-order valence-electron chi connectivity index (χ2n) is 6.34. The Balaban J connectivity index is 1.65. The zero-order chi connectivity index (χ0) is 19.3. The van der Waals surface area contributed by atoms with E-state index in [1.54, 1.807) is 12.3 Å². The van der Waals surface area contributed by atoms with E-state index in [-0.39, 0.29) is 18.0 Å². The first-order valence-electron chi connectivity index (χ1n) is 8.92. The van der Waals surface area contributed by atoms with Gasteiger partial charge in [-0.1, -0.05) is 48.5 Å². The summed E-state index contributed by atoms with van der Waals surface area (Å²) in [5.41, 5.74) is 2.62. The van der Waals surface area contributed by atoms with Crippen molar-refractivity contribution in [2.75, 3.05) is 0 Å². The van der Waals surface area contributed by atoms with E-state index in [0.29, 0.717) is 11.0 Å². The van der Waals surface area contributed by atoms with Crippen molar-refractivity contribution in [2.24, 2.45) is 0 Å². The second-order valence-corrected chi connectivity index (χ2v) is 6.34. The van der Waals surface area contributed by atoms with E-state index < -0.39 is 6.04 Å². The summed E-state index contributed by atoms with van der Waals surface area (Å²) < 4.78 is 1.43. The number of carbonyl (C=O) groups is 1. The minimum absolute atomic E-state index is 0.0992. The standard InChI is InChI=1S/C22H18N4O2/c27-20(15-26-19-12-5-4-10-17(19)24-14-21(26)28)25-22(16-8-2-1-3-9-16)18-11-6-7-13-23-18/h1-14,22H,15H2,(H,25,27). The van der Waals surface area contributed by atoms with Crippen molar-refractivity contribution in [3.63, 3.8) is 0 Å². The molecule has 0 saturated heterocycles. The van der Waals surface area contributed by atoms with Gasteiger partial charge in [-0.15, -0.1) is 0 Å². The molecule has 6 heteroatoms. The molecular formula is C22H18N4O2. The number of pyridine rings is 1. The molecule has 28 heavy (non-hydrogen) atoms. The van der Waals surface area contributed by atoms with Gasteiger partial charge in [-0.05, 0) is 29.8 Å². The molecule has 1 amide bonds. The molecule has 0 fully saturated rings. The van der Waals surface area contributed by atoms with Crippen molar-refractivity contribution >= 4 is 16.9 Å². The van der Waals surface area contributed by atoms with Gasteiger partial charge in [0.2, 0.25) is 5.91 Å². The molecule has 4 aromatic rings. The Morgan fingerprint density at radius 3 is 2.46 bits per heavy atom. The Bertz CT molecular complexity index is 1120. The summed E-state index contributed by atoms with van der Waals surface area (Å²) >= 11 is 0. The van der Waals surface area contributed by atoms with E-state index in [1.165, 1.54) is 10.8 Å². The van der Waals surface area contributed by atoms with Crippen LogP contribution in [0, 0.1) is 0 Å². The molecule has 0 radical (unpaired) electrons. The van der Waals surface area contributed by atoms with Gasteiger partial charge in [0.1, 0.15) is 6.54 Å². The number of fused-ring (bicyclic) bond motifs is 1. The largest absolute Gasteiger partial charge is 0.342 e. The summed E-state index contributed by atoms with van der Waals surface area (Å²) in [6.07, 6.45) is 2.93. The molecule has 1 N–H and O–H groups in total. The summed E-state index contributed by atoms with van der Waals surface area (Å²) in [5, 5.41) is 3.01. The van der Waals surface area contributed by atoms with E-state index in [1.807, 2.05) is 66.7 Å². The van der Waals surface area contributed by atoms with Crippen LogP contribution in [-0.2, 0) is 11.3 Å². The molecule has 1 atom stereocenters. The number of nitrogens with zero attached hydrogens (tertiary/aromatic N) is 3. The van der Waals surface area contributed by atoms with Crippen LogP contribution < -0.4 is 10.9 Å². The number of amides is 1. The number of nitrogens with one attached hydrogen (secondary N) is 1. The molecule has 0 aliphatic heterocycles. The van der Waals surface area contributed by atoms with E-state index in [2.05, 4.69) is 15.3 Å². The van der Waals surface area contributed by atoms with Crippen molar-refractivity contribution in [3.05, 3.63) is 107 Å². The fourth-order valence-electron chi connectivity index (χ4n) is 3.15. The first-order valence-corrected chi connectivity index (χ1v) is 8.92. The van der Waals surface area contributed by atoms with Gasteiger partial charge in [-0.3, -0.25) is 19.1 Å². The molecule has 2 aromatic heterocycles. The second kappa shape index (κ2) is 7.84. The zero-order valence-electron chi connectivity index (χ0n) is 15.0. The number of hydrogen-bond acceptors (Lipinski definition) is 4. The lowest BCUT2D eigenvalue weighted by molar-refractivity contribution is -0.122. The Morgan fingerprint density at radius 2 is 1.68 bits per heavy atom. The maximum absolute atomic E-state index is 12.8. The number of rotatable bonds is 5. The molecule has 0 aliphatic carbocycles. The average Bonchev–Trinajstić information content (AvgIpc) is 2.75. The van der Waals surface area contributed by atoms with E-state index in [0.717, 1.165) is 11.3 Å². The first kappa shape index (κ1) is 17.6. The van der Waals surface area contributed by atoms with Gasteiger partial charge in [0, 0.05) is 6.20 Å². The molecule has 138 valence electrons. The number of benzene rings is 2. The van der Waals surface area contributed by atoms with Crippen molar-refractivity contribution in [2.45, 2.75) is 12.6 Å². The van der Waals surface area contributed by atoms with Crippen molar-refractivity contribution in [1.29, 1.82) is 0 Å². The lowest BCUT2D eigenvalue weighted by Crippen LogP contribution is -2.35. The van der Waals surface area contributed by atoms with Crippen molar-refractivity contribution < 1.29 is 4.79 Å². The molecule has 0 saturated carbocycles. The lowest BCUT2D eigenvalue weighted by Gasteiger charge is -2.19. The van der Waals surface area contributed by atoms with Crippen molar-refractivity contribution in [1.82, 2.24) is 19.9 Å². The van der Waals surface area contributed by atoms with Gasteiger partial charge in [0.25, 0.3) is 5.56 Å². The highest BCUT2D eigenvalue weighted by atomic mass is 16.2. The van der Waals surface area contributed by atoms with Crippen LogP contribution in [0.2, 0.25) is 0 Å². The van der Waals surface area contributed by atoms with Crippen LogP contribution in [0.15, 0.2) is 90.0 Å². The van der Waals surface area contributed by atoms with E-state index >= 15 is 0 Å². The van der Waals surface area contributed by atoms with Crippen LogP contribution in [0.1, 0.15) is 17.3 Å². The normalized spacial score (nSPS) is 11.9. The maximum atomic E-state index is 12.8. The minimum atomic E-state index is -0.404. The van der Waals surface area contributed by atoms with Crippen LogP contribution in [0.3, 0.4) is 0 Å². The monoisotopic (exact) mass is 370 g/mol. The fourth-order valence-corrected chi connectivity index (χ4v) is 3.15. The lowest BCUT2D eigenvalue weighted by atomic mass is 10.0. The summed E-state index contributed by atoms with van der Waals surface area (Å²) in [4.78, 5) is 33.7. The smallest absolute Gasteiger partial charge is 0.269 e. The molecule has 0 bridgehead atoms. The van der Waals surface area contributed by atoms with Crippen LogP contribution in [0.25, 0.3) is 11.0 Å². The molecule has 2 heterocycles. The van der Waals surface area contributed by atoms with Gasteiger partial charge in [0.15, 0.2) is 0 Å². The summed E-state index contributed by atoms with van der Waals surface area (Å²) in [6.45, 7) is -0.0992. The van der Waals surface area contributed by atoms with Gasteiger partial charge in [0.05, 0.1) is 29.0 Å². The van der Waals surface area contributed by atoms with E-state index in [4.69, 9.17) is 0 Å². The summed E-state index contributed by atoms with van der Waals surface area (Å²) in [7, 11) is 0. The molecule has 2 aromatic carbocycles. The predicted molar refractivity (Wildman–Crippen MR) is 107 cm³/mol. The van der Waals surface area contributed by atoms with Gasteiger partial charge >= 0.3 is 0 Å². The highest BCUT2D eigenvalue weighted by molar-refractivity contribution is 5.80. The molecular weight excluding hydrogens is 352 g/mol. The molecule has 0 spiro atoms. The maximum Gasteiger partial charge on any atom is 0.269 e. The van der Waals surface area contributed by atoms with Crippen LogP contribution >= 0.6 is 0 Å². The number of para-hydroxylation sites is 2. The molecule has 1 unspecified atom stereocenters. The van der Waals surface area contributed by atoms with Crippen molar-refractivity contribution in [3.8, 4) is 0 Å². The Kier molecular flexibility index (Phi) is 4.93. The third-order valence-corrected chi connectivity index (χ3v) is 4.48. The SMILES string of the molecule is O=C(Cn1c(=O)cnc2ccccc21)NC(c1ccccc1)c1ccccn1. The summed E-state index contributed by atoms with van der Waals surface area (Å²) in [6, 6.07) is 22.1. The molecule has 4 rings (SSSR count). The first-order chi connectivity index (χ1) is 13.7. The molecule has 0 aliphatic rings. The summed E-state index contributed by atoms with van der Waals surface area (Å²) in [5.74, 6) is -0.280. The van der Waals surface area contributed by atoms with Crippen LogP contribution in [0.4, 0.5) is 0 Å². The van der Waals surface area contributed by atoms with Crippen LogP contribution in [-0.4, -0.2) is 20.4 Å². The third-order valence-electron chi connectivity index (χ3n) is 4.48. The Labute approximate surface area is 161 Å². The van der Waals surface area contributed by atoms with Gasteiger partial charge < -0.3 is 5.32 Å². The zero-order valence-corrected chi connectivity index (χ0v) is 15.0. The number of aromatic nitrogens is 3. The quantitative estimate of drug-likeness (QED) is 0.586. The highest BCUT2D eigenvalue weighted by Gasteiger charge is 2.18. The average molecular weight is 370 g/mol. The third kappa shape index (κ3) is 3.66. The highest BCUT2D eigenvalue weighted by Crippen LogP contribution is 2.20. The minimum Gasteiger partial charge on any atom is -0.342 e. The van der Waals surface area contributed by atoms with Gasteiger partial charge in [-0.25, -0.2) is 4.98 Å². The van der Waals surface area contributed by atoms with Gasteiger partial charge in [-0.2, -0.15) is 0 Å².